The predicted octanol–water partition coefficient (Wildman–Crippen LogP) is 3.21. The first-order valence-corrected chi connectivity index (χ1v) is 6.23. The number of carbonyl (C=O) groups excluding carboxylic acids is 1. The molecule has 19 heavy (non-hydrogen) atoms. The van der Waals surface area contributed by atoms with E-state index >= 15 is 0 Å². The molecule has 0 aliphatic carbocycles. The summed E-state index contributed by atoms with van der Waals surface area (Å²) < 4.78 is 2.08. The van der Waals surface area contributed by atoms with Crippen LogP contribution in [0.3, 0.4) is 0 Å². The molecule has 3 aromatic rings. The Hall–Kier alpha value is -2.42. The highest BCUT2D eigenvalue weighted by Crippen LogP contribution is 2.21. The van der Waals surface area contributed by atoms with Crippen LogP contribution in [-0.4, -0.2) is 15.8 Å². The largest absolute Gasteiger partial charge is 0.341 e. The number of carbonyl (C=O) groups is 1. The van der Waals surface area contributed by atoms with Crippen molar-refractivity contribution in [2.24, 2.45) is 0 Å². The molecule has 3 heteroatoms. The van der Waals surface area contributed by atoms with Gasteiger partial charge in [-0.3, -0.25) is 9.78 Å². The average Bonchev–Trinajstić information content (AvgIpc) is 2.80. The molecule has 0 N–H and O–H groups in total. The fourth-order valence-corrected chi connectivity index (χ4v) is 2.35. The summed E-state index contributed by atoms with van der Waals surface area (Å²) in [5, 5.41) is 0.992. The van der Waals surface area contributed by atoms with E-state index in [-0.39, 0.29) is 0 Å². The predicted molar refractivity (Wildman–Crippen MR) is 75.4 cm³/mol. The topological polar surface area (TPSA) is 34.9 Å². The van der Waals surface area contributed by atoms with E-state index in [1.165, 1.54) is 0 Å². The molecule has 0 fully saturated rings. The Morgan fingerprint density at radius 1 is 1.21 bits per heavy atom. The van der Waals surface area contributed by atoms with Gasteiger partial charge in [0.2, 0.25) is 0 Å². The van der Waals surface area contributed by atoms with Crippen LogP contribution in [-0.2, 0) is 6.54 Å². The smallest absolute Gasteiger partial charge is 0.152 e. The quantitative estimate of drug-likeness (QED) is 0.669. The molecule has 0 saturated carbocycles. The number of fused-ring (bicyclic) bond motifs is 1. The molecule has 2 aromatic heterocycles. The van der Waals surface area contributed by atoms with Gasteiger partial charge in [-0.1, -0.05) is 24.3 Å². The molecule has 0 radical (unpaired) electrons. The second-order valence-electron chi connectivity index (χ2n) is 4.61. The highest BCUT2D eigenvalue weighted by atomic mass is 16.1. The van der Waals surface area contributed by atoms with E-state index in [1.807, 2.05) is 36.5 Å². The average molecular weight is 250 g/mol. The third-order valence-electron chi connectivity index (χ3n) is 3.38. The number of hydrogen-bond acceptors (Lipinski definition) is 2. The van der Waals surface area contributed by atoms with Crippen molar-refractivity contribution in [2.45, 2.75) is 13.5 Å². The van der Waals surface area contributed by atoms with Crippen molar-refractivity contribution in [3.63, 3.8) is 0 Å². The molecule has 0 aliphatic heterocycles. The molecule has 1 aromatic carbocycles. The Bertz CT molecular complexity index is 743. The number of para-hydroxylation sites is 1. The minimum absolute atomic E-state index is 0.682. The van der Waals surface area contributed by atoms with Crippen molar-refractivity contribution in [1.82, 2.24) is 9.55 Å². The summed E-state index contributed by atoms with van der Waals surface area (Å²) in [6.07, 6.45) is 4.60. The normalized spacial score (nSPS) is 10.8. The zero-order valence-corrected chi connectivity index (χ0v) is 10.7. The molecular weight excluding hydrogens is 236 g/mol. The number of aldehydes is 1. The van der Waals surface area contributed by atoms with E-state index < -0.39 is 0 Å². The van der Waals surface area contributed by atoms with E-state index in [1.54, 1.807) is 6.20 Å². The zero-order chi connectivity index (χ0) is 13.2. The van der Waals surface area contributed by atoms with E-state index in [0.717, 1.165) is 34.0 Å². The molecule has 0 unspecified atom stereocenters. The molecule has 3 rings (SSSR count). The number of benzene rings is 1. The van der Waals surface area contributed by atoms with Gasteiger partial charge in [0.15, 0.2) is 6.29 Å². The molecule has 3 nitrogen and oxygen atoms in total. The lowest BCUT2D eigenvalue weighted by Crippen LogP contribution is -2.02. The van der Waals surface area contributed by atoms with E-state index in [2.05, 4.69) is 22.5 Å². The summed E-state index contributed by atoms with van der Waals surface area (Å²) in [5.41, 5.74) is 3.98. The van der Waals surface area contributed by atoms with Crippen LogP contribution < -0.4 is 0 Å². The number of hydrogen-bond donors (Lipinski definition) is 0. The fraction of sp³-hybridized carbons (Fsp3) is 0.125. The Kier molecular flexibility index (Phi) is 2.88. The van der Waals surface area contributed by atoms with Crippen LogP contribution in [0.2, 0.25) is 0 Å². The minimum Gasteiger partial charge on any atom is -0.341 e. The lowest BCUT2D eigenvalue weighted by Gasteiger charge is -2.07. The Labute approximate surface area is 111 Å². The monoisotopic (exact) mass is 250 g/mol. The Morgan fingerprint density at radius 2 is 2.05 bits per heavy atom. The summed E-state index contributed by atoms with van der Waals surface area (Å²) in [7, 11) is 0. The van der Waals surface area contributed by atoms with Crippen molar-refractivity contribution in [3.05, 3.63) is 65.6 Å². The van der Waals surface area contributed by atoms with Crippen LogP contribution in [0.4, 0.5) is 0 Å². The van der Waals surface area contributed by atoms with Gasteiger partial charge in [-0.15, -0.1) is 0 Å². The maximum atomic E-state index is 11.1. The number of aromatic nitrogens is 2. The van der Waals surface area contributed by atoms with Crippen LogP contribution in [0.25, 0.3) is 10.9 Å². The molecule has 0 aliphatic rings. The number of nitrogens with zero attached hydrogens (tertiary/aromatic N) is 2. The van der Waals surface area contributed by atoms with Gasteiger partial charge in [0.1, 0.15) is 0 Å². The van der Waals surface area contributed by atoms with Gasteiger partial charge in [0.05, 0.1) is 12.2 Å². The lowest BCUT2D eigenvalue weighted by molar-refractivity contribution is 0.112. The van der Waals surface area contributed by atoms with Gasteiger partial charge < -0.3 is 4.57 Å². The van der Waals surface area contributed by atoms with E-state index in [4.69, 9.17) is 0 Å². The van der Waals surface area contributed by atoms with Crippen LogP contribution in [0.5, 0.6) is 0 Å². The summed E-state index contributed by atoms with van der Waals surface area (Å²) in [6.45, 7) is 2.73. The SMILES string of the molecule is Cc1cccnc1Cn1cc(C=O)c2ccccc21. The summed E-state index contributed by atoms with van der Waals surface area (Å²) in [5.74, 6) is 0. The van der Waals surface area contributed by atoms with Crippen molar-refractivity contribution in [1.29, 1.82) is 0 Å². The second kappa shape index (κ2) is 4.69. The third kappa shape index (κ3) is 2.03. The Morgan fingerprint density at radius 3 is 2.84 bits per heavy atom. The molecule has 2 heterocycles. The molecule has 0 bridgehead atoms. The van der Waals surface area contributed by atoms with Gasteiger partial charge in [0, 0.05) is 28.9 Å². The van der Waals surface area contributed by atoms with Crippen LogP contribution in [0.1, 0.15) is 21.6 Å². The number of rotatable bonds is 3. The van der Waals surface area contributed by atoms with Gasteiger partial charge in [-0.2, -0.15) is 0 Å². The van der Waals surface area contributed by atoms with Crippen LogP contribution >= 0.6 is 0 Å². The van der Waals surface area contributed by atoms with Gasteiger partial charge in [0.25, 0.3) is 0 Å². The summed E-state index contributed by atoms with van der Waals surface area (Å²) >= 11 is 0. The highest BCUT2D eigenvalue weighted by molar-refractivity contribution is 5.97. The first kappa shape index (κ1) is 11.7. The van der Waals surface area contributed by atoms with Gasteiger partial charge in [-0.25, -0.2) is 0 Å². The van der Waals surface area contributed by atoms with Crippen LogP contribution in [0, 0.1) is 6.92 Å². The van der Waals surface area contributed by atoms with Crippen molar-refractivity contribution >= 4 is 17.2 Å². The molecule has 0 spiro atoms. The Balaban J connectivity index is 2.11. The van der Waals surface area contributed by atoms with Crippen LogP contribution in [0.15, 0.2) is 48.8 Å². The fourth-order valence-electron chi connectivity index (χ4n) is 2.35. The molecular formula is C16H14N2O. The third-order valence-corrected chi connectivity index (χ3v) is 3.38. The molecule has 0 atom stereocenters. The van der Waals surface area contributed by atoms with Crippen molar-refractivity contribution < 1.29 is 4.79 Å². The van der Waals surface area contributed by atoms with Crippen molar-refractivity contribution in [3.8, 4) is 0 Å². The molecule has 94 valence electrons. The minimum atomic E-state index is 0.682. The highest BCUT2D eigenvalue weighted by Gasteiger charge is 2.08. The first-order valence-electron chi connectivity index (χ1n) is 6.23. The van der Waals surface area contributed by atoms with Crippen molar-refractivity contribution in [2.75, 3.05) is 0 Å². The maximum absolute atomic E-state index is 11.1. The van der Waals surface area contributed by atoms with Gasteiger partial charge >= 0.3 is 0 Å². The second-order valence-corrected chi connectivity index (χ2v) is 4.61. The number of pyridine rings is 1. The lowest BCUT2D eigenvalue weighted by atomic mass is 10.2. The zero-order valence-electron chi connectivity index (χ0n) is 10.7. The first-order chi connectivity index (χ1) is 9.29. The maximum Gasteiger partial charge on any atom is 0.152 e. The van der Waals surface area contributed by atoms with Gasteiger partial charge in [-0.05, 0) is 24.6 Å². The summed E-state index contributed by atoms with van der Waals surface area (Å²) in [4.78, 5) is 15.5. The van der Waals surface area contributed by atoms with E-state index in [9.17, 15) is 4.79 Å². The summed E-state index contributed by atoms with van der Waals surface area (Å²) in [6, 6.07) is 11.9. The standard InChI is InChI=1S/C16H14N2O/c1-12-5-4-8-17-15(12)10-18-9-13(11-19)14-6-2-3-7-16(14)18/h2-9,11H,10H2,1H3. The molecule has 0 amide bonds. The molecule has 0 saturated heterocycles. The van der Waals surface area contributed by atoms with E-state index in [0.29, 0.717) is 6.54 Å². The number of aryl methyl sites for hydroxylation is 1.